The summed E-state index contributed by atoms with van der Waals surface area (Å²) >= 11 is 4.93. The molecule has 1 aliphatic carbocycles. The van der Waals surface area contributed by atoms with Gasteiger partial charge < -0.3 is 5.32 Å². The highest BCUT2D eigenvalue weighted by molar-refractivity contribution is 9.11. The van der Waals surface area contributed by atoms with Crippen molar-refractivity contribution in [2.45, 2.75) is 32.6 Å². The molecule has 0 aromatic carbocycles. The first-order valence-electron chi connectivity index (χ1n) is 6.19. The Morgan fingerprint density at radius 2 is 2.29 bits per heavy atom. The average molecular weight is 316 g/mol. The van der Waals surface area contributed by atoms with Crippen LogP contribution in [0.5, 0.6) is 0 Å². The lowest BCUT2D eigenvalue weighted by Crippen LogP contribution is -2.33. The number of halogens is 1. The van der Waals surface area contributed by atoms with Gasteiger partial charge in [-0.2, -0.15) is 0 Å². The first-order valence-corrected chi connectivity index (χ1v) is 7.86. The van der Waals surface area contributed by atoms with Crippen LogP contribution in [-0.2, 0) is 0 Å². The lowest BCUT2D eigenvalue weighted by Gasteiger charge is -2.28. The van der Waals surface area contributed by atoms with Crippen LogP contribution in [0.4, 0.5) is 0 Å². The predicted octanol–water partition coefficient (Wildman–Crippen LogP) is 4.07. The van der Waals surface area contributed by atoms with Crippen molar-refractivity contribution in [2.24, 2.45) is 11.8 Å². The number of carbonyl (C=O) groups excluding carboxylic acids is 1. The molecule has 2 unspecified atom stereocenters. The quantitative estimate of drug-likeness (QED) is 0.895. The second-order valence-corrected chi connectivity index (χ2v) is 7.16. The van der Waals surface area contributed by atoms with Gasteiger partial charge in [-0.25, -0.2) is 0 Å². The molecule has 0 radical (unpaired) electrons. The minimum atomic E-state index is 0.0599. The summed E-state index contributed by atoms with van der Waals surface area (Å²) in [5.41, 5.74) is 0.769. The summed E-state index contributed by atoms with van der Waals surface area (Å²) in [7, 11) is 0. The van der Waals surface area contributed by atoms with Gasteiger partial charge in [-0.05, 0) is 40.3 Å². The molecule has 1 N–H and O–H groups in total. The summed E-state index contributed by atoms with van der Waals surface area (Å²) in [4.78, 5) is 11.9. The average Bonchev–Trinajstić information content (AvgIpc) is 2.74. The number of hydrogen-bond donors (Lipinski definition) is 1. The molecule has 94 valence electrons. The van der Waals surface area contributed by atoms with Crippen LogP contribution in [0, 0.1) is 11.8 Å². The van der Waals surface area contributed by atoms with E-state index in [1.807, 2.05) is 11.4 Å². The zero-order chi connectivity index (χ0) is 12.3. The molecule has 2 atom stereocenters. The summed E-state index contributed by atoms with van der Waals surface area (Å²) in [6, 6.07) is 1.88. The highest BCUT2D eigenvalue weighted by Crippen LogP contribution is 2.29. The molecule has 1 amide bonds. The van der Waals surface area contributed by atoms with Crippen LogP contribution in [0.25, 0.3) is 0 Å². The Hall–Kier alpha value is -0.350. The van der Waals surface area contributed by atoms with Gasteiger partial charge in [0.1, 0.15) is 0 Å². The first-order chi connectivity index (χ1) is 8.16. The van der Waals surface area contributed by atoms with E-state index >= 15 is 0 Å². The molecule has 0 aliphatic heterocycles. The third-order valence-electron chi connectivity index (χ3n) is 3.64. The lowest BCUT2D eigenvalue weighted by molar-refractivity contribution is 0.0937. The minimum Gasteiger partial charge on any atom is -0.352 e. The lowest BCUT2D eigenvalue weighted by atomic mass is 9.80. The standard InChI is InChI=1S/C13H18BrNOS/c1-9-4-2-3-5-10(9)7-15-13(16)11-6-12(14)17-8-11/h6,8-10H,2-5,7H2,1H3,(H,15,16). The van der Waals surface area contributed by atoms with Crippen LogP contribution in [0.15, 0.2) is 15.2 Å². The minimum absolute atomic E-state index is 0.0599. The van der Waals surface area contributed by atoms with Gasteiger partial charge in [-0.1, -0.05) is 26.2 Å². The molecular weight excluding hydrogens is 298 g/mol. The summed E-state index contributed by atoms with van der Waals surface area (Å²) < 4.78 is 1.01. The Bertz CT molecular complexity index is 391. The second-order valence-electron chi connectivity index (χ2n) is 4.87. The molecule has 0 spiro atoms. The molecule has 1 aromatic heterocycles. The molecule has 0 bridgehead atoms. The smallest absolute Gasteiger partial charge is 0.252 e. The fraction of sp³-hybridized carbons (Fsp3) is 0.615. The molecule has 1 heterocycles. The SMILES string of the molecule is CC1CCCCC1CNC(=O)c1csc(Br)c1. The van der Waals surface area contributed by atoms with Crippen LogP contribution in [-0.4, -0.2) is 12.5 Å². The van der Waals surface area contributed by atoms with Crippen molar-refractivity contribution in [3.63, 3.8) is 0 Å². The molecular formula is C13H18BrNOS. The van der Waals surface area contributed by atoms with E-state index in [-0.39, 0.29) is 5.91 Å². The number of hydrogen-bond acceptors (Lipinski definition) is 2. The van der Waals surface area contributed by atoms with E-state index in [0.717, 1.165) is 21.8 Å². The van der Waals surface area contributed by atoms with E-state index < -0.39 is 0 Å². The number of carbonyl (C=O) groups is 1. The summed E-state index contributed by atoms with van der Waals surface area (Å²) in [6.45, 7) is 3.13. The van der Waals surface area contributed by atoms with Crippen LogP contribution in [0.1, 0.15) is 43.0 Å². The monoisotopic (exact) mass is 315 g/mol. The Morgan fingerprint density at radius 3 is 2.94 bits per heavy atom. The number of nitrogens with one attached hydrogen (secondary N) is 1. The topological polar surface area (TPSA) is 29.1 Å². The number of thiophene rings is 1. The van der Waals surface area contributed by atoms with Gasteiger partial charge in [0.2, 0.25) is 0 Å². The zero-order valence-corrected chi connectivity index (χ0v) is 12.4. The summed E-state index contributed by atoms with van der Waals surface area (Å²) in [5, 5.41) is 4.95. The van der Waals surface area contributed by atoms with Crippen LogP contribution < -0.4 is 5.32 Å². The first kappa shape index (κ1) is 13.1. The van der Waals surface area contributed by atoms with Gasteiger partial charge in [0.15, 0.2) is 0 Å². The molecule has 17 heavy (non-hydrogen) atoms. The molecule has 4 heteroatoms. The molecule has 2 rings (SSSR count). The molecule has 1 saturated carbocycles. The predicted molar refractivity (Wildman–Crippen MR) is 75.5 cm³/mol. The second kappa shape index (κ2) is 6.01. The Labute approximate surface area is 115 Å². The van der Waals surface area contributed by atoms with E-state index in [1.165, 1.54) is 25.7 Å². The zero-order valence-electron chi connectivity index (χ0n) is 10.0. The normalized spacial score (nSPS) is 24.6. The maximum absolute atomic E-state index is 11.9. The molecule has 2 nitrogen and oxygen atoms in total. The third-order valence-corrected chi connectivity index (χ3v) is 5.15. The summed E-state index contributed by atoms with van der Waals surface area (Å²) in [5.74, 6) is 1.47. The molecule has 0 saturated heterocycles. The fourth-order valence-corrected chi connectivity index (χ4v) is 3.59. The molecule has 1 aromatic rings. The number of amides is 1. The van der Waals surface area contributed by atoms with E-state index in [0.29, 0.717) is 5.92 Å². The Morgan fingerprint density at radius 1 is 1.53 bits per heavy atom. The van der Waals surface area contributed by atoms with Crippen molar-refractivity contribution in [3.05, 3.63) is 20.8 Å². The van der Waals surface area contributed by atoms with Crippen LogP contribution in [0.3, 0.4) is 0 Å². The highest BCUT2D eigenvalue weighted by atomic mass is 79.9. The van der Waals surface area contributed by atoms with Gasteiger partial charge >= 0.3 is 0 Å². The van der Waals surface area contributed by atoms with E-state index in [4.69, 9.17) is 0 Å². The van der Waals surface area contributed by atoms with Crippen molar-refractivity contribution in [1.82, 2.24) is 5.32 Å². The van der Waals surface area contributed by atoms with Gasteiger partial charge in [0, 0.05) is 11.9 Å². The van der Waals surface area contributed by atoms with Gasteiger partial charge in [0.25, 0.3) is 5.91 Å². The maximum atomic E-state index is 11.9. The Balaban J connectivity index is 1.83. The van der Waals surface area contributed by atoms with E-state index in [1.54, 1.807) is 11.3 Å². The van der Waals surface area contributed by atoms with Gasteiger partial charge in [-0.3, -0.25) is 4.79 Å². The van der Waals surface area contributed by atoms with Crippen molar-refractivity contribution in [1.29, 1.82) is 0 Å². The van der Waals surface area contributed by atoms with Gasteiger partial charge in [0.05, 0.1) is 9.35 Å². The van der Waals surface area contributed by atoms with Gasteiger partial charge in [-0.15, -0.1) is 11.3 Å². The highest BCUT2D eigenvalue weighted by Gasteiger charge is 2.21. The van der Waals surface area contributed by atoms with Crippen LogP contribution >= 0.6 is 27.3 Å². The van der Waals surface area contributed by atoms with Crippen molar-refractivity contribution in [3.8, 4) is 0 Å². The summed E-state index contributed by atoms with van der Waals surface area (Å²) in [6.07, 6.45) is 5.23. The maximum Gasteiger partial charge on any atom is 0.252 e. The third kappa shape index (κ3) is 3.55. The van der Waals surface area contributed by atoms with E-state index in [9.17, 15) is 4.79 Å². The molecule has 1 aliphatic rings. The van der Waals surface area contributed by atoms with Crippen molar-refractivity contribution in [2.75, 3.05) is 6.54 Å². The van der Waals surface area contributed by atoms with Crippen molar-refractivity contribution < 1.29 is 4.79 Å². The van der Waals surface area contributed by atoms with E-state index in [2.05, 4.69) is 28.2 Å². The molecule has 1 fully saturated rings. The van der Waals surface area contributed by atoms with Crippen molar-refractivity contribution >= 4 is 33.2 Å². The largest absolute Gasteiger partial charge is 0.352 e. The fourth-order valence-electron chi connectivity index (χ4n) is 2.45. The van der Waals surface area contributed by atoms with Crippen LogP contribution in [0.2, 0.25) is 0 Å². The number of rotatable bonds is 3. The Kier molecular flexibility index (Phi) is 4.62.